The zero-order valence-corrected chi connectivity index (χ0v) is 11.7. The number of aldehydes is 1. The number of carbonyl (C=O) groups excluding carboxylic acids is 1. The summed E-state index contributed by atoms with van der Waals surface area (Å²) in [7, 11) is 0. The van der Waals surface area contributed by atoms with Gasteiger partial charge < -0.3 is 0 Å². The fraction of sp³-hybridized carbons (Fsp3) is 0.235. The van der Waals surface area contributed by atoms with E-state index in [1.54, 1.807) is 12.2 Å². The van der Waals surface area contributed by atoms with Crippen LogP contribution < -0.4 is 0 Å². The fourth-order valence-corrected chi connectivity index (χ4v) is 1.29. The van der Waals surface area contributed by atoms with Crippen LogP contribution in [0.25, 0.3) is 5.57 Å². The van der Waals surface area contributed by atoms with Crippen LogP contribution >= 0.6 is 0 Å². The van der Waals surface area contributed by atoms with E-state index in [9.17, 15) is 4.79 Å². The van der Waals surface area contributed by atoms with E-state index in [1.807, 2.05) is 26.8 Å². The molecule has 0 N–H and O–H groups in total. The molecule has 0 atom stereocenters. The van der Waals surface area contributed by atoms with Crippen LogP contribution in [0.4, 0.5) is 0 Å². The molecule has 0 bridgehead atoms. The Bertz CT molecular complexity index is 423. The van der Waals surface area contributed by atoms with Gasteiger partial charge in [-0.05, 0) is 25.0 Å². The average molecular weight is 242 g/mol. The molecule has 0 amide bonds. The summed E-state index contributed by atoms with van der Waals surface area (Å²) in [4.78, 5) is 10.6. The maximum absolute atomic E-state index is 10.6. The summed E-state index contributed by atoms with van der Waals surface area (Å²) in [5, 5.41) is 0. The number of hydrogen-bond donors (Lipinski definition) is 0. The van der Waals surface area contributed by atoms with Crippen LogP contribution in [0.15, 0.2) is 54.6 Å². The Labute approximate surface area is 111 Å². The minimum Gasteiger partial charge on any atom is -0.298 e. The highest BCUT2D eigenvalue weighted by atomic mass is 16.1. The predicted molar refractivity (Wildman–Crippen MR) is 80.5 cm³/mol. The fourth-order valence-electron chi connectivity index (χ4n) is 1.29. The second kappa shape index (κ2) is 9.17. The summed E-state index contributed by atoms with van der Waals surface area (Å²) in [5.41, 5.74) is 4.12. The molecule has 0 saturated carbocycles. The maximum Gasteiger partial charge on any atom is 0.150 e. The molecule has 96 valence electrons. The molecule has 0 saturated heterocycles. The van der Waals surface area contributed by atoms with E-state index < -0.39 is 0 Å². The van der Waals surface area contributed by atoms with Crippen molar-refractivity contribution in [2.75, 3.05) is 0 Å². The van der Waals surface area contributed by atoms with Gasteiger partial charge in [-0.25, -0.2) is 0 Å². The van der Waals surface area contributed by atoms with Gasteiger partial charge >= 0.3 is 0 Å². The maximum atomic E-state index is 10.6. The van der Waals surface area contributed by atoms with Crippen molar-refractivity contribution in [3.05, 3.63) is 65.8 Å². The molecule has 0 radical (unpaired) electrons. The summed E-state index contributed by atoms with van der Waals surface area (Å²) < 4.78 is 0. The van der Waals surface area contributed by atoms with Gasteiger partial charge in [0, 0.05) is 5.57 Å². The molecular formula is C17H22O. The van der Waals surface area contributed by atoms with Crippen LogP contribution in [0.3, 0.4) is 0 Å². The van der Waals surface area contributed by atoms with Crippen LogP contribution in [0.1, 0.15) is 31.9 Å². The molecule has 1 aromatic carbocycles. The second-order valence-electron chi connectivity index (χ2n) is 3.70. The molecule has 1 rings (SSSR count). The molecule has 0 aliphatic heterocycles. The first-order chi connectivity index (χ1) is 8.67. The van der Waals surface area contributed by atoms with Gasteiger partial charge in [-0.3, -0.25) is 4.79 Å². The van der Waals surface area contributed by atoms with Crippen molar-refractivity contribution in [1.29, 1.82) is 0 Å². The smallest absolute Gasteiger partial charge is 0.150 e. The van der Waals surface area contributed by atoms with Crippen LogP contribution in [0, 0.1) is 6.92 Å². The summed E-state index contributed by atoms with van der Waals surface area (Å²) in [6.45, 7) is 11.6. The van der Waals surface area contributed by atoms with Crippen LogP contribution in [-0.4, -0.2) is 6.29 Å². The average Bonchev–Trinajstić information content (AvgIpc) is 2.42. The Hall–Kier alpha value is -1.89. The van der Waals surface area contributed by atoms with Gasteiger partial charge in [0.25, 0.3) is 0 Å². The number of carbonyl (C=O) groups is 1. The zero-order chi connectivity index (χ0) is 14.0. The summed E-state index contributed by atoms with van der Waals surface area (Å²) >= 11 is 0. The predicted octanol–water partition coefficient (Wildman–Crippen LogP) is 4.74. The zero-order valence-electron chi connectivity index (χ0n) is 11.7. The van der Waals surface area contributed by atoms with Gasteiger partial charge in [0.05, 0.1) is 0 Å². The summed E-state index contributed by atoms with van der Waals surface area (Å²) in [6, 6.07) is 8.29. The molecule has 0 spiro atoms. The molecule has 1 nitrogen and oxygen atoms in total. The normalized spacial score (nSPS) is 11.3. The molecule has 0 heterocycles. The van der Waals surface area contributed by atoms with Gasteiger partial charge in [0.15, 0.2) is 0 Å². The van der Waals surface area contributed by atoms with Gasteiger partial charge in [0.1, 0.15) is 6.29 Å². The van der Waals surface area contributed by atoms with E-state index in [2.05, 4.69) is 37.8 Å². The highest BCUT2D eigenvalue weighted by molar-refractivity contribution is 5.79. The molecule has 0 aromatic heterocycles. The molecule has 0 aliphatic rings. The van der Waals surface area contributed by atoms with Gasteiger partial charge in [-0.2, -0.15) is 0 Å². The molecule has 0 aliphatic carbocycles. The standard InChI is InChI=1S/C15H16O.C2H6/c1-4-14(11-16)8-7-13(3)15-9-5-12(2)6-10-15;1-2/h4-11H,1H2,2-3H3;1-2H3/b13-7+,14-8+;. The van der Waals surface area contributed by atoms with E-state index >= 15 is 0 Å². The Kier molecular flexibility index (Phi) is 8.21. The molecular weight excluding hydrogens is 220 g/mol. The number of benzene rings is 1. The third kappa shape index (κ3) is 5.44. The van der Waals surface area contributed by atoms with Crippen LogP contribution in [-0.2, 0) is 4.79 Å². The van der Waals surface area contributed by atoms with Gasteiger partial charge in [-0.15, -0.1) is 0 Å². The highest BCUT2D eigenvalue weighted by Crippen LogP contribution is 2.14. The van der Waals surface area contributed by atoms with E-state index in [1.165, 1.54) is 5.56 Å². The number of rotatable bonds is 4. The minimum atomic E-state index is 0.589. The minimum absolute atomic E-state index is 0.589. The Morgan fingerprint density at radius 3 is 2.11 bits per heavy atom. The van der Waals surface area contributed by atoms with Gasteiger partial charge in [-0.1, -0.05) is 68.5 Å². The van der Waals surface area contributed by atoms with Crippen molar-refractivity contribution in [2.24, 2.45) is 0 Å². The molecule has 0 unspecified atom stereocenters. The number of aryl methyl sites for hydroxylation is 1. The topological polar surface area (TPSA) is 17.1 Å². The molecule has 1 heteroatoms. The van der Waals surface area contributed by atoms with E-state index in [4.69, 9.17) is 0 Å². The van der Waals surface area contributed by atoms with Crippen molar-refractivity contribution in [1.82, 2.24) is 0 Å². The van der Waals surface area contributed by atoms with E-state index in [0.717, 1.165) is 17.4 Å². The SMILES string of the molecule is C=C/C(C=O)=C\C=C(/C)c1ccc(C)cc1.CC. The summed E-state index contributed by atoms with van der Waals surface area (Å²) in [6.07, 6.45) is 6.04. The first kappa shape index (κ1) is 16.1. The third-order valence-corrected chi connectivity index (χ3v) is 2.40. The van der Waals surface area contributed by atoms with Crippen LogP contribution in [0.2, 0.25) is 0 Å². The lowest BCUT2D eigenvalue weighted by atomic mass is 10.0. The third-order valence-electron chi connectivity index (χ3n) is 2.40. The monoisotopic (exact) mass is 242 g/mol. The second-order valence-corrected chi connectivity index (χ2v) is 3.70. The lowest BCUT2D eigenvalue weighted by molar-refractivity contribution is -0.104. The largest absolute Gasteiger partial charge is 0.298 e. The van der Waals surface area contributed by atoms with Gasteiger partial charge in [0.2, 0.25) is 0 Å². The van der Waals surface area contributed by atoms with E-state index in [0.29, 0.717) is 5.57 Å². The molecule has 1 aromatic rings. The Balaban J connectivity index is 0.00000137. The summed E-state index contributed by atoms with van der Waals surface area (Å²) in [5.74, 6) is 0. The quantitative estimate of drug-likeness (QED) is 0.423. The lowest BCUT2D eigenvalue weighted by Gasteiger charge is -2.00. The molecule has 0 fully saturated rings. The van der Waals surface area contributed by atoms with Crippen molar-refractivity contribution < 1.29 is 4.79 Å². The number of hydrogen-bond acceptors (Lipinski definition) is 1. The molecule has 18 heavy (non-hydrogen) atoms. The Morgan fingerprint density at radius 2 is 1.67 bits per heavy atom. The lowest BCUT2D eigenvalue weighted by Crippen LogP contribution is -1.81. The highest BCUT2D eigenvalue weighted by Gasteiger charge is 1.93. The first-order valence-electron chi connectivity index (χ1n) is 6.20. The van der Waals surface area contributed by atoms with Crippen molar-refractivity contribution in [2.45, 2.75) is 27.7 Å². The first-order valence-corrected chi connectivity index (χ1v) is 6.20. The van der Waals surface area contributed by atoms with Crippen molar-refractivity contribution >= 4 is 11.9 Å². The van der Waals surface area contributed by atoms with Crippen LogP contribution in [0.5, 0.6) is 0 Å². The van der Waals surface area contributed by atoms with Crippen molar-refractivity contribution in [3.63, 3.8) is 0 Å². The van der Waals surface area contributed by atoms with E-state index in [-0.39, 0.29) is 0 Å². The Morgan fingerprint density at radius 1 is 1.11 bits per heavy atom. The van der Waals surface area contributed by atoms with Crippen molar-refractivity contribution in [3.8, 4) is 0 Å². The number of allylic oxidation sites excluding steroid dienone is 5.